The molecule has 0 radical (unpaired) electrons. The Morgan fingerprint density at radius 1 is 1.47 bits per heavy atom. The third kappa shape index (κ3) is 4.09. The summed E-state index contributed by atoms with van der Waals surface area (Å²) in [7, 11) is 1.58. The molecule has 0 fully saturated rings. The van der Waals surface area contributed by atoms with Gasteiger partial charge in [-0.05, 0) is 25.1 Å². The lowest BCUT2D eigenvalue weighted by atomic mass is 10.2. The van der Waals surface area contributed by atoms with Crippen molar-refractivity contribution in [1.29, 1.82) is 0 Å². The first-order chi connectivity index (χ1) is 8.81. The van der Waals surface area contributed by atoms with Crippen LogP contribution in [0.4, 0.5) is 14.9 Å². The number of aromatic carboxylic acids is 1. The molecule has 19 heavy (non-hydrogen) atoms. The number of carbonyl (C=O) groups excluding carboxylic acids is 1. The summed E-state index contributed by atoms with van der Waals surface area (Å²) >= 11 is 0. The predicted octanol–water partition coefficient (Wildman–Crippen LogP) is 2.56. The highest BCUT2D eigenvalue weighted by atomic mass is 19.1. The van der Waals surface area contributed by atoms with Crippen LogP contribution >= 0.6 is 0 Å². The highest BCUT2D eigenvalue weighted by Gasteiger charge is 2.13. The second-order valence-corrected chi connectivity index (χ2v) is 4.24. The first-order valence-corrected chi connectivity index (χ1v) is 5.50. The Morgan fingerprint density at radius 2 is 2.11 bits per heavy atom. The summed E-state index contributed by atoms with van der Waals surface area (Å²) in [6, 6.07) is 2.98. The fourth-order valence-corrected chi connectivity index (χ4v) is 1.46. The van der Waals surface area contributed by atoms with Crippen LogP contribution in [0.5, 0.6) is 0 Å². The molecule has 1 aromatic carbocycles. The van der Waals surface area contributed by atoms with Crippen molar-refractivity contribution in [3.63, 3.8) is 0 Å². The third-order valence-corrected chi connectivity index (χ3v) is 2.30. The number of carbonyl (C=O) groups is 2. The maximum atomic E-state index is 13.4. The van der Waals surface area contributed by atoms with Crippen LogP contribution in [0.15, 0.2) is 30.4 Å². The number of rotatable bonds is 4. The van der Waals surface area contributed by atoms with Crippen molar-refractivity contribution in [2.24, 2.45) is 0 Å². The summed E-state index contributed by atoms with van der Waals surface area (Å²) in [4.78, 5) is 23.7. The van der Waals surface area contributed by atoms with Gasteiger partial charge in [-0.2, -0.15) is 0 Å². The number of nitrogens with zero attached hydrogens (tertiary/aromatic N) is 1. The Balaban J connectivity index is 2.78. The molecule has 0 saturated carbocycles. The van der Waals surface area contributed by atoms with Gasteiger partial charge in [-0.1, -0.05) is 12.2 Å². The Hall–Kier alpha value is -2.37. The lowest BCUT2D eigenvalue weighted by molar-refractivity contribution is 0.0692. The van der Waals surface area contributed by atoms with Crippen LogP contribution < -0.4 is 5.32 Å². The minimum absolute atomic E-state index is 0.195. The summed E-state index contributed by atoms with van der Waals surface area (Å²) in [5.74, 6) is -2.25. The Bertz CT molecular complexity index is 529. The number of carboxylic acids is 1. The lowest BCUT2D eigenvalue weighted by Crippen LogP contribution is -2.32. The Kier molecular flexibility index (Phi) is 4.63. The smallest absolute Gasteiger partial charge is 0.338 e. The van der Waals surface area contributed by atoms with E-state index in [2.05, 4.69) is 11.9 Å². The number of amides is 2. The fraction of sp³-hybridized carbons (Fsp3) is 0.231. The average molecular weight is 266 g/mol. The van der Waals surface area contributed by atoms with Crippen LogP contribution in [0.2, 0.25) is 0 Å². The molecule has 102 valence electrons. The number of hydrogen-bond acceptors (Lipinski definition) is 2. The van der Waals surface area contributed by atoms with Gasteiger partial charge in [-0.15, -0.1) is 0 Å². The molecule has 5 nitrogen and oxygen atoms in total. The zero-order valence-corrected chi connectivity index (χ0v) is 10.7. The molecular formula is C13H15FN2O3. The van der Waals surface area contributed by atoms with E-state index >= 15 is 0 Å². The number of benzene rings is 1. The summed E-state index contributed by atoms with van der Waals surface area (Å²) in [6.45, 7) is 5.84. The van der Waals surface area contributed by atoms with Gasteiger partial charge < -0.3 is 15.3 Å². The van der Waals surface area contributed by atoms with E-state index in [9.17, 15) is 14.0 Å². The second kappa shape index (κ2) is 5.99. The molecule has 2 amide bonds. The Labute approximate surface area is 110 Å². The monoisotopic (exact) mass is 266 g/mol. The van der Waals surface area contributed by atoms with Gasteiger partial charge >= 0.3 is 12.0 Å². The summed E-state index contributed by atoms with van der Waals surface area (Å²) in [5, 5.41) is 11.1. The zero-order chi connectivity index (χ0) is 14.6. The fourth-order valence-electron chi connectivity index (χ4n) is 1.46. The van der Waals surface area contributed by atoms with E-state index in [0.717, 1.165) is 17.7 Å². The molecule has 1 aromatic rings. The molecule has 0 aliphatic heterocycles. The molecule has 2 N–H and O–H groups in total. The molecule has 1 rings (SSSR count). The van der Waals surface area contributed by atoms with Gasteiger partial charge in [0.15, 0.2) is 0 Å². The van der Waals surface area contributed by atoms with Gasteiger partial charge in [0.05, 0.1) is 5.56 Å². The van der Waals surface area contributed by atoms with Crippen LogP contribution in [-0.2, 0) is 0 Å². The highest BCUT2D eigenvalue weighted by Crippen LogP contribution is 2.15. The topological polar surface area (TPSA) is 69.6 Å². The van der Waals surface area contributed by atoms with Gasteiger partial charge in [-0.25, -0.2) is 14.0 Å². The maximum Gasteiger partial charge on any atom is 0.338 e. The van der Waals surface area contributed by atoms with Gasteiger partial charge in [0.25, 0.3) is 0 Å². The molecule has 6 heteroatoms. The van der Waals surface area contributed by atoms with Crippen LogP contribution in [0.3, 0.4) is 0 Å². The van der Waals surface area contributed by atoms with Gasteiger partial charge in [0.2, 0.25) is 0 Å². The first-order valence-electron chi connectivity index (χ1n) is 5.50. The van der Waals surface area contributed by atoms with Gasteiger partial charge in [0, 0.05) is 19.3 Å². The number of halogens is 1. The minimum atomic E-state index is -1.35. The number of nitrogens with one attached hydrogen (secondary N) is 1. The van der Waals surface area contributed by atoms with Crippen LogP contribution in [0.25, 0.3) is 0 Å². The van der Waals surface area contributed by atoms with E-state index in [4.69, 9.17) is 5.11 Å². The van der Waals surface area contributed by atoms with E-state index in [1.54, 1.807) is 14.0 Å². The highest BCUT2D eigenvalue weighted by molar-refractivity contribution is 5.91. The number of anilines is 1. The van der Waals surface area contributed by atoms with E-state index in [0.29, 0.717) is 6.54 Å². The third-order valence-electron chi connectivity index (χ3n) is 2.30. The SMILES string of the molecule is C=C(C)CN(C)C(=O)Nc1ccc(C(=O)O)c(F)c1. The van der Waals surface area contributed by atoms with Crippen molar-refractivity contribution >= 4 is 17.7 Å². The van der Waals surface area contributed by atoms with Gasteiger partial charge in [-0.3, -0.25) is 0 Å². The van der Waals surface area contributed by atoms with E-state index in [1.807, 2.05) is 0 Å². The van der Waals surface area contributed by atoms with Crippen molar-refractivity contribution < 1.29 is 19.1 Å². The Morgan fingerprint density at radius 3 is 2.58 bits per heavy atom. The molecule has 0 aliphatic carbocycles. The van der Waals surface area contributed by atoms with Crippen molar-refractivity contribution in [2.75, 3.05) is 18.9 Å². The maximum absolute atomic E-state index is 13.4. The molecule has 0 unspecified atom stereocenters. The molecule has 0 heterocycles. The molecule has 0 atom stereocenters. The molecule has 0 aromatic heterocycles. The summed E-state index contributed by atoms with van der Waals surface area (Å²) in [6.07, 6.45) is 0. The number of hydrogen-bond donors (Lipinski definition) is 2. The number of likely N-dealkylation sites (N-methyl/N-ethyl adjacent to an activating group) is 1. The number of carboxylic acid groups (broad SMARTS) is 1. The molecule has 0 aliphatic rings. The van der Waals surface area contributed by atoms with Crippen LogP contribution in [0, 0.1) is 5.82 Å². The van der Waals surface area contributed by atoms with Crippen molar-refractivity contribution in [3.05, 3.63) is 41.7 Å². The molecule has 0 bridgehead atoms. The lowest BCUT2D eigenvalue weighted by Gasteiger charge is -2.18. The van der Waals surface area contributed by atoms with Crippen molar-refractivity contribution in [3.8, 4) is 0 Å². The first kappa shape index (κ1) is 14.7. The molecular weight excluding hydrogens is 251 g/mol. The average Bonchev–Trinajstić information content (AvgIpc) is 2.27. The standard InChI is InChI=1S/C13H15FN2O3/c1-8(2)7-16(3)13(19)15-9-4-5-10(12(17)18)11(14)6-9/h4-6H,1,7H2,2-3H3,(H,15,19)(H,17,18). The van der Waals surface area contributed by atoms with E-state index in [1.165, 1.54) is 11.0 Å². The summed E-state index contributed by atoms with van der Waals surface area (Å²) in [5.41, 5.74) is 0.569. The van der Waals surface area contributed by atoms with Crippen molar-refractivity contribution in [1.82, 2.24) is 4.90 Å². The van der Waals surface area contributed by atoms with Crippen molar-refractivity contribution in [2.45, 2.75) is 6.92 Å². The normalized spacial score (nSPS) is 9.84. The number of urea groups is 1. The summed E-state index contributed by atoms with van der Waals surface area (Å²) < 4.78 is 13.4. The molecule has 0 saturated heterocycles. The van der Waals surface area contributed by atoms with Crippen LogP contribution in [0.1, 0.15) is 17.3 Å². The van der Waals surface area contributed by atoms with Crippen LogP contribution in [-0.4, -0.2) is 35.6 Å². The molecule has 0 spiro atoms. The zero-order valence-electron chi connectivity index (χ0n) is 10.7. The van der Waals surface area contributed by atoms with E-state index < -0.39 is 23.4 Å². The minimum Gasteiger partial charge on any atom is -0.478 e. The largest absolute Gasteiger partial charge is 0.478 e. The second-order valence-electron chi connectivity index (χ2n) is 4.24. The van der Waals surface area contributed by atoms with E-state index in [-0.39, 0.29) is 5.69 Å². The predicted molar refractivity (Wildman–Crippen MR) is 69.8 cm³/mol. The van der Waals surface area contributed by atoms with Gasteiger partial charge in [0.1, 0.15) is 5.82 Å². The quantitative estimate of drug-likeness (QED) is 0.823.